The van der Waals surface area contributed by atoms with Gasteiger partial charge in [0.25, 0.3) is 0 Å². The number of carbonyl (C=O) groups excluding carboxylic acids is 1. The molecule has 1 spiro atoms. The molecule has 2 saturated heterocycles. The molecular weight excluding hydrogens is 450 g/mol. The number of amides is 1. The van der Waals surface area contributed by atoms with Gasteiger partial charge in [0.15, 0.2) is 11.7 Å². The average Bonchev–Trinajstić information content (AvgIpc) is 3.18. The van der Waals surface area contributed by atoms with Crippen molar-refractivity contribution in [3.8, 4) is 0 Å². The van der Waals surface area contributed by atoms with E-state index in [2.05, 4.69) is 59.6 Å². The van der Waals surface area contributed by atoms with Gasteiger partial charge in [0.05, 0.1) is 13.2 Å². The molecule has 0 aromatic heterocycles. The second-order valence-electron chi connectivity index (χ2n) is 13.4. The van der Waals surface area contributed by atoms with Gasteiger partial charge < -0.3 is 19.5 Å². The minimum absolute atomic E-state index is 0.0311. The highest BCUT2D eigenvalue weighted by atomic mass is 28.3. The lowest BCUT2D eigenvalue weighted by Crippen LogP contribution is -2.55. The van der Waals surface area contributed by atoms with Crippen molar-refractivity contribution in [1.82, 2.24) is 5.32 Å². The molecule has 0 aromatic rings. The van der Waals surface area contributed by atoms with Gasteiger partial charge in [-0.1, -0.05) is 54.3 Å². The van der Waals surface area contributed by atoms with Gasteiger partial charge in [0, 0.05) is 36.6 Å². The van der Waals surface area contributed by atoms with Crippen molar-refractivity contribution in [3.05, 3.63) is 0 Å². The van der Waals surface area contributed by atoms with Crippen LogP contribution in [-0.4, -0.2) is 51.2 Å². The van der Waals surface area contributed by atoms with E-state index in [-0.39, 0.29) is 29.1 Å². The van der Waals surface area contributed by atoms with Crippen molar-refractivity contribution in [2.45, 2.75) is 111 Å². The summed E-state index contributed by atoms with van der Waals surface area (Å²) < 4.78 is 19.1. The molecule has 3 rings (SSSR count). The molecule has 1 N–H and O–H groups in total. The Hall–Kier alpha value is -0.513. The molecule has 3 aliphatic rings. The van der Waals surface area contributed by atoms with E-state index in [0.29, 0.717) is 38.0 Å². The molecule has 1 amide bonds. The zero-order valence-electron chi connectivity index (χ0n) is 23.0. The first-order valence-corrected chi connectivity index (χ1v) is 16.8. The van der Waals surface area contributed by atoms with Crippen molar-refractivity contribution < 1.29 is 28.8 Å². The summed E-state index contributed by atoms with van der Waals surface area (Å²) in [6, 6.07) is 0. The molecule has 0 bridgehead atoms. The van der Waals surface area contributed by atoms with E-state index >= 15 is 0 Å². The van der Waals surface area contributed by atoms with Crippen LogP contribution in [0.15, 0.2) is 0 Å². The molecule has 1 saturated carbocycles. The third-order valence-corrected chi connectivity index (χ3v) is 9.22. The summed E-state index contributed by atoms with van der Waals surface area (Å²) in [5, 5.41) is 3.08. The number of rotatable bonds is 8. The van der Waals surface area contributed by atoms with E-state index in [1.54, 1.807) is 0 Å². The lowest BCUT2D eigenvalue weighted by molar-refractivity contribution is -0.370. The molecule has 3 fully saturated rings. The van der Waals surface area contributed by atoms with Gasteiger partial charge in [0.2, 0.25) is 11.7 Å². The molecule has 0 aromatic carbocycles. The molecule has 2 heterocycles. The van der Waals surface area contributed by atoms with E-state index in [9.17, 15) is 4.79 Å². The summed E-state index contributed by atoms with van der Waals surface area (Å²) in [4.78, 5) is 24.9. The van der Waals surface area contributed by atoms with Crippen molar-refractivity contribution in [2.75, 3.05) is 19.8 Å². The van der Waals surface area contributed by atoms with Crippen LogP contribution >= 0.6 is 0 Å². The van der Waals surface area contributed by atoms with Gasteiger partial charge in [-0.2, -0.15) is 4.89 Å². The van der Waals surface area contributed by atoms with Crippen LogP contribution in [0.5, 0.6) is 0 Å². The average molecular weight is 500 g/mol. The first-order chi connectivity index (χ1) is 15.7. The first kappa shape index (κ1) is 28.1. The van der Waals surface area contributed by atoms with Crippen LogP contribution < -0.4 is 5.32 Å². The molecule has 7 nitrogen and oxygen atoms in total. The summed E-state index contributed by atoms with van der Waals surface area (Å²) in [6.07, 6.45) is 3.87. The molecule has 5 atom stereocenters. The second-order valence-corrected chi connectivity index (χ2v) is 18.6. The van der Waals surface area contributed by atoms with E-state index in [1.165, 1.54) is 0 Å². The van der Waals surface area contributed by atoms with E-state index < -0.39 is 19.6 Å². The monoisotopic (exact) mass is 499 g/mol. The Kier molecular flexibility index (Phi) is 8.64. The topological polar surface area (TPSA) is 75.3 Å². The quantitative estimate of drug-likeness (QED) is 0.363. The number of hydrogen-bond acceptors (Lipinski definition) is 6. The summed E-state index contributed by atoms with van der Waals surface area (Å²) in [5.74, 6) is -0.994. The maximum atomic E-state index is 12.8. The molecule has 34 heavy (non-hydrogen) atoms. The van der Waals surface area contributed by atoms with Gasteiger partial charge in [-0.25, -0.2) is 4.89 Å². The minimum Gasteiger partial charge on any atom is -0.356 e. The normalized spacial score (nSPS) is 35.6. The predicted molar refractivity (Wildman–Crippen MR) is 134 cm³/mol. The van der Waals surface area contributed by atoms with Crippen LogP contribution in [0.1, 0.15) is 73.6 Å². The number of hydrogen-bond donors (Lipinski definition) is 1. The summed E-state index contributed by atoms with van der Waals surface area (Å²) in [5.41, 5.74) is 0.0311. The molecule has 0 radical (unpaired) electrons. The van der Waals surface area contributed by atoms with Crippen LogP contribution in [-0.2, 0) is 28.8 Å². The van der Waals surface area contributed by atoms with Gasteiger partial charge in [-0.3, -0.25) is 4.79 Å². The Morgan fingerprint density at radius 3 is 2.29 bits per heavy atom. The third kappa shape index (κ3) is 6.62. The van der Waals surface area contributed by atoms with Gasteiger partial charge in [-0.05, 0) is 38.0 Å². The summed E-state index contributed by atoms with van der Waals surface area (Å²) >= 11 is 0. The molecule has 8 heteroatoms. The van der Waals surface area contributed by atoms with Crippen molar-refractivity contribution in [1.29, 1.82) is 0 Å². The lowest BCUT2D eigenvalue weighted by Gasteiger charge is -2.48. The van der Waals surface area contributed by atoms with Crippen molar-refractivity contribution in [3.63, 3.8) is 0 Å². The zero-order chi connectivity index (χ0) is 25.4. The Morgan fingerprint density at radius 2 is 1.74 bits per heavy atom. The number of carbonyl (C=O) groups is 1. The van der Waals surface area contributed by atoms with Crippen molar-refractivity contribution >= 4 is 14.0 Å². The highest BCUT2D eigenvalue weighted by molar-refractivity contribution is 6.77. The molecule has 3 unspecified atom stereocenters. The minimum atomic E-state index is -1.79. The van der Waals surface area contributed by atoms with E-state index in [0.717, 1.165) is 25.7 Å². The lowest BCUT2D eigenvalue weighted by atomic mass is 9.67. The van der Waals surface area contributed by atoms with Gasteiger partial charge >= 0.3 is 0 Å². The standard InChI is InChI=1S/C26H49NO6Si/c1-18(2)15-27-22(28)14-20-11-10-19(3)21(26(20)31-23(32-33-26)34(7,8)9)12-13-25(6)29-16-24(4,5)17-30-25/h18-21,23H,10-17H2,1-9H3,(H,27,28)/t19-,20?,21+,23?,26?/m1/s1. The van der Waals surface area contributed by atoms with E-state index in [4.69, 9.17) is 24.0 Å². The first-order valence-electron chi connectivity index (χ1n) is 13.2. The van der Waals surface area contributed by atoms with Crippen LogP contribution in [0.3, 0.4) is 0 Å². The maximum absolute atomic E-state index is 12.8. The van der Waals surface area contributed by atoms with Crippen molar-refractivity contribution in [2.24, 2.45) is 29.1 Å². The van der Waals surface area contributed by atoms with Gasteiger partial charge in [-0.15, -0.1) is 0 Å². The van der Waals surface area contributed by atoms with Gasteiger partial charge in [0.1, 0.15) is 8.07 Å². The number of nitrogens with one attached hydrogen (secondary N) is 1. The fourth-order valence-electron chi connectivity index (χ4n) is 5.21. The summed E-state index contributed by atoms with van der Waals surface area (Å²) in [6.45, 7) is 21.5. The van der Waals surface area contributed by atoms with Crippen LogP contribution in [0.25, 0.3) is 0 Å². The Bertz CT molecular complexity index is 698. The third-order valence-electron chi connectivity index (χ3n) is 7.59. The second kappa shape index (κ2) is 10.5. The molecule has 198 valence electrons. The number of ether oxygens (including phenoxy) is 3. The molecule has 2 aliphatic heterocycles. The zero-order valence-corrected chi connectivity index (χ0v) is 24.0. The fourth-order valence-corrected chi connectivity index (χ4v) is 6.09. The largest absolute Gasteiger partial charge is 0.356 e. The predicted octanol–water partition coefficient (Wildman–Crippen LogP) is 5.26. The van der Waals surface area contributed by atoms with Crippen LogP contribution in [0, 0.1) is 29.1 Å². The van der Waals surface area contributed by atoms with E-state index in [1.807, 2.05) is 6.92 Å². The smallest absolute Gasteiger partial charge is 0.220 e. The SMILES string of the molecule is CC(C)CNC(=O)CC1CC[C@@H](C)[C@H](CCC2(C)OCC(C)(C)CO2)C12OOC([Si](C)(C)C)O2. The fraction of sp³-hybridized carbons (Fsp3) is 0.962. The Labute approximate surface area is 207 Å². The highest BCUT2D eigenvalue weighted by Gasteiger charge is 2.60. The summed E-state index contributed by atoms with van der Waals surface area (Å²) in [7, 11) is -1.79. The Balaban J connectivity index is 1.78. The Morgan fingerprint density at radius 1 is 1.09 bits per heavy atom. The highest BCUT2D eigenvalue weighted by Crippen LogP contribution is 2.53. The van der Waals surface area contributed by atoms with Crippen LogP contribution in [0.4, 0.5) is 0 Å². The maximum Gasteiger partial charge on any atom is 0.220 e. The molecule has 1 aliphatic carbocycles. The molecular formula is C26H49NO6Si. The van der Waals surface area contributed by atoms with Crippen LogP contribution in [0.2, 0.25) is 19.6 Å².